The van der Waals surface area contributed by atoms with E-state index in [9.17, 15) is 0 Å². The van der Waals surface area contributed by atoms with Crippen LogP contribution < -0.4 is 4.74 Å². The summed E-state index contributed by atoms with van der Waals surface area (Å²) in [6, 6.07) is 6.77. The summed E-state index contributed by atoms with van der Waals surface area (Å²) in [7, 11) is -1.42. The minimum Gasteiger partial charge on any atom is -0.497 e. The molecule has 3 nitrogen and oxygen atoms in total. The first-order valence-corrected chi connectivity index (χ1v) is 18.8. The minimum absolute atomic E-state index is 0.210. The average molecular weight is 447 g/mol. The maximum atomic E-state index is 6.80. The Hall–Kier alpha value is -0.626. The second-order valence-electron chi connectivity index (χ2n) is 12.2. The number of rotatable bonds is 5. The lowest BCUT2D eigenvalue weighted by Gasteiger charge is -2.53. The quantitative estimate of drug-likeness (QED) is 0.451. The van der Waals surface area contributed by atoms with E-state index in [2.05, 4.69) is 64.4 Å². The van der Waals surface area contributed by atoms with Gasteiger partial charge < -0.3 is 13.6 Å². The monoisotopic (exact) mass is 446 g/mol. The van der Waals surface area contributed by atoms with Crippen molar-refractivity contribution in [2.75, 3.05) is 7.11 Å². The van der Waals surface area contributed by atoms with E-state index in [1.807, 2.05) is 0 Å². The van der Waals surface area contributed by atoms with Gasteiger partial charge in [-0.3, -0.25) is 0 Å². The van der Waals surface area contributed by atoms with Crippen molar-refractivity contribution in [3.05, 3.63) is 29.3 Å². The third-order valence-corrected chi connectivity index (χ3v) is 9.85. The van der Waals surface area contributed by atoms with E-state index in [0.717, 1.165) is 18.1 Å². The highest BCUT2D eigenvalue weighted by Gasteiger charge is 2.57. The van der Waals surface area contributed by atoms with Crippen LogP contribution in [0.15, 0.2) is 18.2 Å². The molecule has 3 aliphatic carbocycles. The maximum Gasteiger partial charge on any atom is 0.184 e. The van der Waals surface area contributed by atoms with Crippen molar-refractivity contribution in [1.29, 1.82) is 0 Å². The zero-order chi connectivity index (χ0) is 21.9. The van der Waals surface area contributed by atoms with E-state index < -0.39 is 16.6 Å². The molecule has 0 N–H and O–H groups in total. The van der Waals surface area contributed by atoms with Gasteiger partial charge in [-0.05, 0) is 118 Å². The SMILES string of the molecule is COc1ccc2c(c1)[C@H](O[Si](C)(C)C)C[C@@H]1[C@@H]2CC[C@]2(C)[C@@H](O[Si](C)(C)C)CC[C@@H]12. The van der Waals surface area contributed by atoms with Crippen molar-refractivity contribution in [2.45, 2.75) is 96.4 Å². The Bertz CT molecular complexity index is 782. The van der Waals surface area contributed by atoms with Crippen LogP contribution in [0.3, 0.4) is 0 Å². The van der Waals surface area contributed by atoms with Gasteiger partial charge in [-0.2, -0.15) is 0 Å². The van der Waals surface area contributed by atoms with Gasteiger partial charge in [-0.1, -0.05) is 13.0 Å². The zero-order valence-corrected chi connectivity index (χ0v) is 22.4. The highest BCUT2D eigenvalue weighted by Crippen LogP contribution is 2.63. The van der Waals surface area contributed by atoms with E-state index in [-0.39, 0.29) is 6.10 Å². The van der Waals surface area contributed by atoms with Crippen molar-refractivity contribution in [1.82, 2.24) is 0 Å². The topological polar surface area (TPSA) is 27.7 Å². The van der Waals surface area contributed by atoms with Crippen molar-refractivity contribution >= 4 is 16.6 Å². The first-order chi connectivity index (χ1) is 13.9. The van der Waals surface area contributed by atoms with Gasteiger partial charge in [0.25, 0.3) is 0 Å². The van der Waals surface area contributed by atoms with E-state index in [1.54, 1.807) is 7.11 Å². The second kappa shape index (κ2) is 7.75. The number of methoxy groups -OCH3 is 1. The molecule has 5 heteroatoms. The lowest BCUT2D eigenvalue weighted by Crippen LogP contribution is -2.48. The number of fused-ring (bicyclic) bond motifs is 5. The van der Waals surface area contributed by atoms with Gasteiger partial charge in [-0.25, -0.2) is 0 Å². The molecule has 6 atom stereocenters. The molecule has 0 bridgehead atoms. The van der Waals surface area contributed by atoms with Gasteiger partial charge in [0.2, 0.25) is 0 Å². The van der Waals surface area contributed by atoms with Gasteiger partial charge in [0.05, 0.1) is 19.3 Å². The zero-order valence-electron chi connectivity index (χ0n) is 20.4. The van der Waals surface area contributed by atoms with Gasteiger partial charge in [-0.15, -0.1) is 0 Å². The lowest BCUT2D eigenvalue weighted by atomic mass is 9.55. The Morgan fingerprint density at radius 1 is 0.900 bits per heavy atom. The highest BCUT2D eigenvalue weighted by atomic mass is 28.4. The Balaban J connectivity index is 1.68. The molecule has 4 rings (SSSR count). The molecule has 1 aromatic carbocycles. The van der Waals surface area contributed by atoms with Crippen LogP contribution >= 0.6 is 0 Å². The van der Waals surface area contributed by atoms with Crippen molar-refractivity contribution in [3.8, 4) is 5.75 Å². The fourth-order valence-electron chi connectivity index (χ4n) is 6.78. The van der Waals surface area contributed by atoms with Crippen molar-refractivity contribution < 1.29 is 13.6 Å². The standard InChI is InChI=1S/C25H42O3Si2/c1-25-14-13-19-18-10-9-17(26-2)15-21(18)23(27-29(3,4)5)16-20(19)22(25)11-12-24(25)28-30(6,7)8/h9-10,15,19-20,22-24H,11-14,16H2,1-8H3/t19-,20-,22+,23-,24+,25+/m1/s1. The third kappa shape index (κ3) is 4.19. The summed E-state index contributed by atoms with van der Waals surface area (Å²) in [5.41, 5.74) is 3.26. The van der Waals surface area contributed by atoms with Crippen LogP contribution in [-0.2, 0) is 8.85 Å². The summed E-state index contributed by atoms with van der Waals surface area (Å²) < 4.78 is 19.1. The summed E-state index contributed by atoms with van der Waals surface area (Å²) in [6.07, 6.45) is 6.95. The molecule has 1 aromatic rings. The molecule has 0 heterocycles. The van der Waals surface area contributed by atoms with Crippen molar-refractivity contribution in [2.24, 2.45) is 17.3 Å². The predicted octanol–water partition coefficient (Wildman–Crippen LogP) is 7.12. The molecule has 3 aliphatic rings. The molecule has 0 saturated heterocycles. The van der Waals surface area contributed by atoms with Crippen LogP contribution in [-0.4, -0.2) is 29.8 Å². The van der Waals surface area contributed by atoms with Gasteiger partial charge >= 0.3 is 0 Å². The fraction of sp³-hybridized carbons (Fsp3) is 0.760. The fourth-order valence-corrected chi connectivity index (χ4v) is 9.10. The lowest BCUT2D eigenvalue weighted by molar-refractivity contribution is -0.0283. The Labute approximate surface area is 186 Å². The Morgan fingerprint density at radius 3 is 2.23 bits per heavy atom. The average Bonchev–Trinajstić information content (AvgIpc) is 2.95. The summed E-state index contributed by atoms with van der Waals surface area (Å²) in [6.45, 7) is 16.5. The van der Waals surface area contributed by atoms with Gasteiger partial charge in [0, 0.05) is 0 Å². The summed E-state index contributed by atoms with van der Waals surface area (Å²) in [5, 5.41) is 0. The smallest absolute Gasteiger partial charge is 0.184 e. The molecule has 0 aliphatic heterocycles. The molecule has 2 fully saturated rings. The number of benzene rings is 1. The number of ether oxygens (including phenoxy) is 1. The van der Waals surface area contributed by atoms with Crippen molar-refractivity contribution in [3.63, 3.8) is 0 Å². The molecule has 2 saturated carbocycles. The van der Waals surface area contributed by atoms with Crippen LogP contribution in [0.25, 0.3) is 0 Å². The second-order valence-corrected chi connectivity index (χ2v) is 21.1. The van der Waals surface area contributed by atoms with Crippen LogP contribution in [0.2, 0.25) is 39.3 Å². The van der Waals surface area contributed by atoms with Crippen LogP contribution in [0.1, 0.15) is 62.2 Å². The van der Waals surface area contributed by atoms with Crippen LogP contribution in [0, 0.1) is 17.3 Å². The van der Waals surface area contributed by atoms with E-state index in [4.69, 9.17) is 13.6 Å². The largest absolute Gasteiger partial charge is 0.497 e. The van der Waals surface area contributed by atoms with Crippen LogP contribution in [0.5, 0.6) is 5.75 Å². The summed E-state index contributed by atoms with van der Waals surface area (Å²) >= 11 is 0. The minimum atomic E-state index is -1.65. The molecular formula is C25H42O3Si2. The Kier molecular flexibility index (Phi) is 5.83. The maximum absolute atomic E-state index is 6.80. The first-order valence-electron chi connectivity index (χ1n) is 11.9. The highest BCUT2D eigenvalue weighted by molar-refractivity contribution is 6.70. The number of hydrogen-bond acceptors (Lipinski definition) is 3. The molecule has 0 radical (unpaired) electrons. The molecule has 30 heavy (non-hydrogen) atoms. The molecule has 0 aromatic heterocycles. The summed E-state index contributed by atoms with van der Waals surface area (Å²) in [4.78, 5) is 0. The molecule has 168 valence electrons. The predicted molar refractivity (Wildman–Crippen MR) is 129 cm³/mol. The number of hydrogen-bond donors (Lipinski definition) is 0. The van der Waals surface area contributed by atoms with Crippen LogP contribution in [0.4, 0.5) is 0 Å². The van der Waals surface area contributed by atoms with E-state index >= 15 is 0 Å². The van der Waals surface area contributed by atoms with Gasteiger partial charge in [0.15, 0.2) is 16.6 Å². The molecular weight excluding hydrogens is 404 g/mol. The first kappa shape index (κ1) is 22.6. The Morgan fingerprint density at radius 2 is 1.60 bits per heavy atom. The third-order valence-electron chi connectivity index (χ3n) is 7.87. The van der Waals surface area contributed by atoms with E-state index in [1.165, 1.54) is 36.8 Å². The molecule has 0 spiro atoms. The molecule has 0 unspecified atom stereocenters. The normalized spacial score (nSPS) is 36.1. The van der Waals surface area contributed by atoms with Gasteiger partial charge in [0.1, 0.15) is 5.75 Å². The summed E-state index contributed by atoms with van der Waals surface area (Å²) in [5.74, 6) is 3.08. The molecule has 0 amide bonds. The van der Waals surface area contributed by atoms with E-state index in [0.29, 0.717) is 23.4 Å².